The number of amides is 2. The molecule has 1 rings (SSSR count). The molecule has 2 amide bonds. The molecule has 3 N–H and O–H groups in total. The van der Waals surface area contributed by atoms with E-state index >= 15 is 0 Å². The fourth-order valence-electron chi connectivity index (χ4n) is 1.96. The van der Waals surface area contributed by atoms with Crippen molar-refractivity contribution >= 4 is 11.8 Å². The maximum atomic E-state index is 11.6. The Hall–Kier alpha value is -1.10. The van der Waals surface area contributed by atoms with Crippen molar-refractivity contribution < 1.29 is 9.59 Å². The number of carbonyl (C=O) groups is 2. The van der Waals surface area contributed by atoms with Crippen LogP contribution in [-0.4, -0.2) is 29.9 Å². The first kappa shape index (κ1) is 13.0. The summed E-state index contributed by atoms with van der Waals surface area (Å²) in [5.74, 6) is -0.351. The van der Waals surface area contributed by atoms with Gasteiger partial charge in [-0.25, -0.2) is 5.01 Å². The average molecular weight is 227 g/mol. The van der Waals surface area contributed by atoms with Crippen molar-refractivity contribution in [2.45, 2.75) is 39.0 Å². The van der Waals surface area contributed by atoms with Gasteiger partial charge in [-0.3, -0.25) is 15.0 Å². The standard InChI is InChI=1S/C11H21N3O2/c1-9(7-10(12)15)8-11(16)13-14-5-3-2-4-6-14/h9H,2-8H2,1H3,(H2,12,15)(H,13,16)/t9-/m1/s1. The molecule has 5 heteroatoms. The summed E-state index contributed by atoms with van der Waals surface area (Å²) in [7, 11) is 0. The Labute approximate surface area is 96.3 Å². The van der Waals surface area contributed by atoms with Crippen LogP contribution in [-0.2, 0) is 9.59 Å². The molecule has 92 valence electrons. The summed E-state index contributed by atoms with van der Waals surface area (Å²) in [5, 5.41) is 1.96. The van der Waals surface area contributed by atoms with Crippen LogP contribution >= 0.6 is 0 Å². The zero-order chi connectivity index (χ0) is 12.0. The summed E-state index contributed by atoms with van der Waals surface area (Å²) in [6.45, 7) is 3.71. The third kappa shape index (κ3) is 5.11. The number of hydrogen-bond donors (Lipinski definition) is 2. The quantitative estimate of drug-likeness (QED) is 0.714. The van der Waals surface area contributed by atoms with Crippen molar-refractivity contribution in [1.29, 1.82) is 0 Å². The van der Waals surface area contributed by atoms with E-state index in [2.05, 4.69) is 5.43 Å². The van der Waals surface area contributed by atoms with Gasteiger partial charge in [-0.05, 0) is 18.8 Å². The average Bonchev–Trinajstić information content (AvgIpc) is 2.17. The lowest BCUT2D eigenvalue weighted by Crippen LogP contribution is -2.45. The van der Waals surface area contributed by atoms with Gasteiger partial charge < -0.3 is 5.73 Å². The van der Waals surface area contributed by atoms with Crippen LogP contribution in [0.1, 0.15) is 39.0 Å². The normalized spacial score (nSPS) is 19.1. The van der Waals surface area contributed by atoms with Crippen LogP contribution in [0, 0.1) is 5.92 Å². The topological polar surface area (TPSA) is 75.4 Å². The lowest BCUT2D eigenvalue weighted by atomic mass is 10.0. The van der Waals surface area contributed by atoms with E-state index in [1.807, 2.05) is 11.9 Å². The number of nitrogens with one attached hydrogen (secondary N) is 1. The monoisotopic (exact) mass is 227 g/mol. The van der Waals surface area contributed by atoms with E-state index in [0.717, 1.165) is 25.9 Å². The molecule has 0 radical (unpaired) electrons. The number of hydrazine groups is 1. The molecule has 16 heavy (non-hydrogen) atoms. The zero-order valence-corrected chi connectivity index (χ0v) is 9.87. The summed E-state index contributed by atoms with van der Waals surface area (Å²) < 4.78 is 0. The van der Waals surface area contributed by atoms with E-state index in [1.165, 1.54) is 6.42 Å². The van der Waals surface area contributed by atoms with Crippen LogP contribution < -0.4 is 11.2 Å². The van der Waals surface area contributed by atoms with Crippen molar-refractivity contribution in [1.82, 2.24) is 10.4 Å². The summed E-state index contributed by atoms with van der Waals surface area (Å²) >= 11 is 0. The van der Waals surface area contributed by atoms with E-state index in [4.69, 9.17) is 5.73 Å². The van der Waals surface area contributed by atoms with Crippen molar-refractivity contribution in [3.8, 4) is 0 Å². The van der Waals surface area contributed by atoms with Crippen LogP contribution in [0.4, 0.5) is 0 Å². The van der Waals surface area contributed by atoms with Crippen molar-refractivity contribution in [2.24, 2.45) is 11.7 Å². The lowest BCUT2D eigenvalue weighted by molar-refractivity contribution is -0.127. The van der Waals surface area contributed by atoms with E-state index < -0.39 is 0 Å². The molecule has 0 unspecified atom stereocenters. The molecule has 0 aromatic rings. The number of nitrogens with zero attached hydrogens (tertiary/aromatic N) is 1. The molecular formula is C11H21N3O2. The molecular weight excluding hydrogens is 206 g/mol. The lowest BCUT2D eigenvalue weighted by Gasteiger charge is -2.27. The fourth-order valence-corrected chi connectivity index (χ4v) is 1.96. The Kier molecular flexibility index (Phi) is 5.25. The molecule has 0 aliphatic carbocycles. The van der Waals surface area contributed by atoms with E-state index in [0.29, 0.717) is 6.42 Å². The van der Waals surface area contributed by atoms with Crippen molar-refractivity contribution in [2.75, 3.05) is 13.1 Å². The molecule has 5 nitrogen and oxygen atoms in total. The van der Waals surface area contributed by atoms with Gasteiger partial charge in [0, 0.05) is 25.9 Å². The first-order valence-corrected chi connectivity index (χ1v) is 5.90. The van der Waals surface area contributed by atoms with Gasteiger partial charge >= 0.3 is 0 Å². The maximum absolute atomic E-state index is 11.6. The predicted octanol–water partition coefficient (Wildman–Crippen LogP) is 0.405. The molecule has 0 bridgehead atoms. The van der Waals surface area contributed by atoms with Gasteiger partial charge in [0.2, 0.25) is 11.8 Å². The van der Waals surface area contributed by atoms with Crippen molar-refractivity contribution in [3.05, 3.63) is 0 Å². The fraction of sp³-hybridized carbons (Fsp3) is 0.818. The van der Waals surface area contributed by atoms with Crippen LogP contribution in [0.25, 0.3) is 0 Å². The number of primary amides is 1. The Bertz CT molecular complexity index is 250. The minimum atomic E-state index is -0.349. The molecule has 1 aliphatic heterocycles. The van der Waals surface area contributed by atoms with Crippen LogP contribution in [0.15, 0.2) is 0 Å². The first-order valence-electron chi connectivity index (χ1n) is 5.90. The Morgan fingerprint density at radius 2 is 1.88 bits per heavy atom. The predicted molar refractivity (Wildman–Crippen MR) is 61.2 cm³/mol. The second-order valence-electron chi connectivity index (χ2n) is 4.56. The number of piperidine rings is 1. The van der Waals surface area contributed by atoms with Gasteiger partial charge in [0.15, 0.2) is 0 Å². The Morgan fingerprint density at radius 1 is 1.25 bits per heavy atom. The van der Waals surface area contributed by atoms with Gasteiger partial charge in [0.05, 0.1) is 0 Å². The molecule has 1 saturated heterocycles. The second-order valence-corrected chi connectivity index (χ2v) is 4.56. The molecule has 1 fully saturated rings. The highest BCUT2D eigenvalue weighted by molar-refractivity contribution is 5.78. The first-order chi connectivity index (χ1) is 7.58. The third-order valence-electron chi connectivity index (χ3n) is 2.72. The van der Waals surface area contributed by atoms with Gasteiger partial charge in [-0.2, -0.15) is 0 Å². The minimum Gasteiger partial charge on any atom is -0.370 e. The number of hydrogen-bond acceptors (Lipinski definition) is 3. The molecule has 0 spiro atoms. The Balaban J connectivity index is 2.21. The summed E-state index contributed by atoms with van der Waals surface area (Å²) in [5.41, 5.74) is 7.94. The number of rotatable bonds is 5. The SMILES string of the molecule is C[C@H](CC(N)=O)CC(=O)NN1CCCCC1. The van der Waals surface area contributed by atoms with Gasteiger partial charge in [0.1, 0.15) is 0 Å². The summed E-state index contributed by atoms with van der Waals surface area (Å²) in [6.07, 6.45) is 4.14. The highest BCUT2D eigenvalue weighted by Gasteiger charge is 2.15. The van der Waals surface area contributed by atoms with E-state index in [1.54, 1.807) is 0 Å². The molecule has 0 saturated carbocycles. The van der Waals surface area contributed by atoms with Gasteiger partial charge in [-0.1, -0.05) is 13.3 Å². The van der Waals surface area contributed by atoms with Crippen LogP contribution in [0.3, 0.4) is 0 Å². The highest BCUT2D eigenvalue weighted by atomic mass is 16.2. The molecule has 1 atom stereocenters. The third-order valence-corrected chi connectivity index (χ3v) is 2.72. The van der Waals surface area contributed by atoms with Crippen LogP contribution in [0.5, 0.6) is 0 Å². The number of nitrogens with two attached hydrogens (primary N) is 1. The zero-order valence-electron chi connectivity index (χ0n) is 9.87. The van der Waals surface area contributed by atoms with E-state index in [9.17, 15) is 9.59 Å². The highest BCUT2D eigenvalue weighted by Crippen LogP contribution is 2.09. The minimum absolute atomic E-state index is 0.0160. The maximum Gasteiger partial charge on any atom is 0.234 e. The van der Waals surface area contributed by atoms with Gasteiger partial charge in [0.25, 0.3) is 0 Å². The molecule has 0 aromatic carbocycles. The number of carbonyl (C=O) groups excluding carboxylic acids is 2. The smallest absolute Gasteiger partial charge is 0.234 e. The van der Waals surface area contributed by atoms with Crippen LogP contribution in [0.2, 0.25) is 0 Å². The molecule has 1 heterocycles. The summed E-state index contributed by atoms with van der Waals surface area (Å²) in [6, 6.07) is 0. The summed E-state index contributed by atoms with van der Waals surface area (Å²) in [4.78, 5) is 22.3. The van der Waals surface area contributed by atoms with E-state index in [-0.39, 0.29) is 24.2 Å². The Morgan fingerprint density at radius 3 is 2.44 bits per heavy atom. The molecule has 0 aromatic heterocycles. The van der Waals surface area contributed by atoms with Crippen molar-refractivity contribution in [3.63, 3.8) is 0 Å². The van der Waals surface area contributed by atoms with Gasteiger partial charge in [-0.15, -0.1) is 0 Å². The second kappa shape index (κ2) is 6.48. The largest absolute Gasteiger partial charge is 0.370 e. The molecule has 1 aliphatic rings.